The van der Waals surface area contributed by atoms with E-state index in [9.17, 15) is 10.4 Å². The maximum absolute atomic E-state index is 10.0. The molecule has 1 atom stereocenters. The van der Waals surface area contributed by atoms with Crippen LogP contribution in [0.3, 0.4) is 0 Å². The van der Waals surface area contributed by atoms with Crippen LogP contribution in [0.15, 0.2) is 41.4 Å². The molecule has 1 N–H and O–H groups in total. The molecule has 0 saturated heterocycles. The fraction of sp³-hybridized carbons (Fsp3) is 0.333. The number of aliphatic hydroxyl groups excluding tert-OH is 1. The minimum absolute atomic E-state index is 0.259. The third kappa shape index (κ3) is 5.36. The Kier molecular flexibility index (Phi) is 6.60. The zero-order valence-electron chi connectivity index (χ0n) is 13.3. The van der Waals surface area contributed by atoms with Gasteiger partial charge in [0.1, 0.15) is 11.1 Å². The van der Waals surface area contributed by atoms with Crippen LogP contribution in [0.4, 0.5) is 0 Å². The number of pyridine rings is 1. The highest BCUT2D eigenvalue weighted by Crippen LogP contribution is 2.24. The molecule has 1 heterocycles. The van der Waals surface area contributed by atoms with Crippen LogP contribution in [0.1, 0.15) is 22.4 Å². The Labute approximate surface area is 141 Å². The molecule has 0 unspecified atom stereocenters. The van der Waals surface area contributed by atoms with Crippen LogP contribution in [-0.2, 0) is 11.3 Å². The number of aliphatic hydroxyl groups is 1. The maximum Gasteiger partial charge on any atom is 0.114 e. The average Bonchev–Trinajstić information content (AvgIpc) is 2.53. The number of hydrogen-bond donors (Lipinski definition) is 1. The van der Waals surface area contributed by atoms with Crippen molar-refractivity contribution in [2.24, 2.45) is 0 Å². The highest BCUT2D eigenvalue weighted by atomic mass is 32.2. The second-order valence-corrected chi connectivity index (χ2v) is 6.35. The first-order chi connectivity index (χ1) is 11.1. The molecule has 0 radical (unpaired) electrons. The van der Waals surface area contributed by atoms with Gasteiger partial charge in [0.2, 0.25) is 0 Å². The summed E-state index contributed by atoms with van der Waals surface area (Å²) in [4.78, 5) is 4.39. The van der Waals surface area contributed by atoms with Crippen molar-refractivity contribution < 1.29 is 9.84 Å². The van der Waals surface area contributed by atoms with E-state index in [1.54, 1.807) is 0 Å². The zero-order chi connectivity index (χ0) is 16.7. The molecule has 0 saturated carbocycles. The minimum Gasteiger partial charge on any atom is -0.390 e. The molecule has 0 bridgehead atoms. The Morgan fingerprint density at radius 1 is 1.30 bits per heavy atom. The first kappa shape index (κ1) is 17.5. The monoisotopic (exact) mass is 328 g/mol. The van der Waals surface area contributed by atoms with Crippen LogP contribution in [-0.4, -0.2) is 28.6 Å². The van der Waals surface area contributed by atoms with Gasteiger partial charge in [0, 0.05) is 11.4 Å². The van der Waals surface area contributed by atoms with Gasteiger partial charge >= 0.3 is 0 Å². The molecule has 0 aliphatic carbocycles. The quantitative estimate of drug-likeness (QED) is 0.790. The number of ether oxygens (including phenoxy) is 1. The predicted molar refractivity (Wildman–Crippen MR) is 91.3 cm³/mol. The lowest BCUT2D eigenvalue weighted by Crippen LogP contribution is -2.18. The molecule has 0 fully saturated rings. The van der Waals surface area contributed by atoms with Gasteiger partial charge in [0.15, 0.2) is 0 Å². The second kappa shape index (κ2) is 8.68. The second-order valence-electron chi connectivity index (χ2n) is 5.34. The van der Waals surface area contributed by atoms with Crippen molar-refractivity contribution in [3.05, 3.63) is 58.8 Å². The fourth-order valence-corrected chi connectivity index (χ4v) is 3.16. The number of nitriles is 1. The van der Waals surface area contributed by atoms with E-state index in [4.69, 9.17) is 4.74 Å². The molecule has 0 amide bonds. The smallest absolute Gasteiger partial charge is 0.114 e. The molecule has 23 heavy (non-hydrogen) atoms. The normalized spacial score (nSPS) is 11.9. The highest BCUT2D eigenvalue weighted by Gasteiger charge is 2.12. The minimum atomic E-state index is -0.599. The van der Waals surface area contributed by atoms with Crippen LogP contribution in [0.25, 0.3) is 0 Å². The number of aromatic nitrogens is 1. The van der Waals surface area contributed by atoms with Crippen molar-refractivity contribution in [1.82, 2.24) is 4.98 Å². The van der Waals surface area contributed by atoms with Crippen LogP contribution in [0, 0.1) is 25.2 Å². The van der Waals surface area contributed by atoms with Crippen molar-refractivity contribution in [3.8, 4) is 6.07 Å². The average molecular weight is 328 g/mol. The summed E-state index contributed by atoms with van der Waals surface area (Å²) in [7, 11) is 0. The van der Waals surface area contributed by atoms with Crippen molar-refractivity contribution in [2.45, 2.75) is 31.6 Å². The Balaban J connectivity index is 1.83. The van der Waals surface area contributed by atoms with Gasteiger partial charge in [-0.25, -0.2) is 4.98 Å². The summed E-state index contributed by atoms with van der Waals surface area (Å²) in [6, 6.07) is 13.9. The molecule has 0 spiro atoms. The summed E-state index contributed by atoms with van der Waals surface area (Å²) < 4.78 is 5.53. The number of nitrogens with zero attached hydrogens (tertiary/aromatic N) is 2. The van der Waals surface area contributed by atoms with E-state index in [0.717, 1.165) is 16.8 Å². The molecular weight excluding hydrogens is 308 g/mol. The van der Waals surface area contributed by atoms with Crippen LogP contribution in [0.2, 0.25) is 0 Å². The van der Waals surface area contributed by atoms with E-state index in [1.807, 2.05) is 50.2 Å². The summed E-state index contributed by atoms with van der Waals surface area (Å²) in [6.45, 7) is 4.54. The topological polar surface area (TPSA) is 66.1 Å². The van der Waals surface area contributed by atoms with Gasteiger partial charge < -0.3 is 9.84 Å². The van der Waals surface area contributed by atoms with E-state index in [1.165, 1.54) is 11.8 Å². The molecule has 1 aromatic heterocycles. The molecule has 120 valence electrons. The molecule has 1 aromatic carbocycles. The Morgan fingerprint density at radius 2 is 2.04 bits per heavy atom. The largest absolute Gasteiger partial charge is 0.390 e. The molecule has 2 aromatic rings. The van der Waals surface area contributed by atoms with Crippen LogP contribution < -0.4 is 0 Å². The number of hydrogen-bond acceptors (Lipinski definition) is 5. The summed E-state index contributed by atoms with van der Waals surface area (Å²) in [6.07, 6.45) is -0.599. The SMILES string of the molecule is Cc1cc(C)c(C#N)c(SC[C@H](O)COCc2ccccc2)n1. The Morgan fingerprint density at radius 3 is 2.74 bits per heavy atom. The van der Waals surface area contributed by atoms with Gasteiger partial charge in [0.25, 0.3) is 0 Å². The highest BCUT2D eigenvalue weighted by molar-refractivity contribution is 7.99. The lowest BCUT2D eigenvalue weighted by molar-refractivity contribution is 0.0398. The van der Waals surface area contributed by atoms with Gasteiger partial charge in [-0.15, -0.1) is 11.8 Å². The Bertz CT molecular complexity index is 683. The third-order valence-electron chi connectivity index (χ3n) is 3.26. The fourth-order valence-electron chi connectivity index (χ4n) is 2.15. The van der Waals surface area contributed by atoms with Crippen LogP contribution in [0.5, 0.6) is 0 Å². The van der Waals surface area contributed by atoms with Gasteiger partial charge in [-0.2, -0.15) is 5.26 Å². The van der Waals surface area contributed by atoms with Gasteiger partial charge in [-0.3, -0.25) is 0 Å². The van der Waals surface area contributed by atoms with E-state index in [-0.39, 0.29) is 6.61 Å². The van der Waals surface area contributed by atoms with E-state index in [0.29, 0.717) is 22.9 Å². The lowest BCUT2D eigenvalue weighted by atomic mass is 10.1. The van der Waals surface area contributed by atoms with Crippen molar-refractivity contribution in [1.29, 1.82) is 5.26 Å². The first-order valence-electron chi connectivity index (χ1n) is 7.41. The summed E-state index contributed by atoms with van der Waals surface area (Å²) in [5.41, 5.74) is 3.45. The first-order valence-corrected chi connectivity index (χ1v) is 8.39. The summed E-state index contributed by atoms with van der Waals surface area (Å²) >= 11 is 1.39. The zero-order valence-corrected chi connectivity index (χ0v) is 14.1. The number of thioether (sulfide) groups is 1. The van der Waals surface area contributed by atoms with Crippen molar-refractivity contribution in [2.75, 3.05) is 12.4 Å². The van der Waals surface area contributed by atoms with E-state index < -0.39 is 6.10 Å². The summed E-state index contributed by atoms with van der Waals surface area (Å²) in [5.74, 6) is 0.444. The van der Waals surface area contributed by atoms with Crippen molar-refractivity contribution in [3.63, 3.8) is 0 Å². The third-order valence-corrected chi connectivity index (χ3v) is 4.38. The molecule has 0 aliphatic heterocycles. The molecule has 4 nitrogen and oxygen atoms in total. The lowest BCUT2D eigenvalue weighted by Gasteiger charge is -2.12. The van der Waals surface area contributed by atoms with Crippen LogP contribution >= 0.6 is 11.8 Å². The molecule has 0 aliphatic rings. The maximum atomic E-state index is 10.0. The van der Waals surface area contributed by atoms with Gasteiger partial charge in [-0.1, -0.05) is 30.3 Å². The van der Waals surface area contributed by atoms with E-state index >= 15 is 0 Å². The number of benzene rings is 1. The number of rotatable bonds is 7. The van der Waals surface area contributed by atoms with Gasteiger partial charge in [0.05, 0.1) is 24.9 Å². The molecule has 2 rings (SSSR count). The molecule has 5 heteroatoms. The standard InChI is InChI=1S/C18H20N2O2S/c1-13-8-14(2)20-18(17(13)9-19)23-12-16(21)11-22-10-15-6-4-3-5-7-15/h3-8,16,21H,10-12H2,1-2H3/t16-/m1/s1. The molecular formula is C18H20N2O2S. The summed E-state index contributed by atoms with van der Waals surface area (Å²) in [5, 5.41) is 19.9. The van der Waals surface area contributed by atoms with Gasteiger partial charge in [-0.05, 0) is 31.0 Å². The number of aryl methyl sites for hydroxylation is 2. The van der Waals surface area contributed by atoms with Crippen molar-refractivity contribution >= 4 is 11.8 Å². The predicted octanol–water partition coefficient (Wildman–Crippen LogP) is 3.24. The van der Waals surface area contributed by atoms with E-state index in [2.05, 4.69) is 11.1 Å². The Hall–Kier alpha value is -1.87.